The van der Waals surface area contributed by atoms with Gasteiger partial charge in [0.2, 0.25) is 0 Å². The first kappa shape index (κ1) is 15.9. The molecule has 3 nitrogen and oxygen atoms in total. The molecule has 0 fully saturated rings. The van der Waals surface area contributed by atoms with Crippen LogP contribution in [0.15, 0.2) is 42.5 Å². The predicted molar refractivity (Wildman–Crippen MR) is 98.8 cm³/mol. The number of halogens is 1. The number of para-hydroxylation sites is 1. The quantitative estimate of drug-likeness (QED) is 0.580. The smallest absolute Gasteiger partial charge is 0.257 e. The molecule has 2 rings (SSSR count). The zero-order chi connectivity index (χ0) is 15.4. The average molecular weight is 410 g/mol. The van der Waals surface area contributed by atoms with Crippen molar-refractivity contribution >= 4 is 51.5 Å². The molecule has 0 heterocycles. The Morgan fingerprint density at radius 1 is 1.10 bits per heavy atom. The van der Waals surface area contributed by atoms with Crippen LogP contribution in [0.1, 0.15) is 21.5 Å². The number of hydrogen-bond donors (Lipinski definition) is 2. The van der Waals surface area contributed by atoms with Crippen LogP contribution < -0.4 is 10.6 Å². The molecule has 0 aromatic heterocycles. The number of thiocarbonyl (C=S) groups is 1. The molecular formula is C16H15IN2OS. The van der Waals surface area contributed by atoms with Crippen LogP contribution in [0, 0.1) is 17.4 Å². The molecule has 5 heteroatoms. The Morgan fingerprint density at radius 3 is 2.33 bits per heavy atom. The van der Waals surface area contributed by atoms with E-state index in [0.29, 0.717) is 10.7 Å². The monoisotopic (exact) mass is 410 g/mol. The van der Waals surface area contributed by atoms with Crippen LogP contribution in [0.2, 0.25) is 0 Å². The van der Waals surface area contributed by atoms with E-state index in [1.54, 1.807) is 0 Å². The van der Waals surface area contributed by atoms with Gasteiger partial charge in [-0.3, -0.25) is 10.1 Å². The van der Waals surface area contributed by atoms with E-state index in [2.05, 4.69) is 33.2 Å². The van der Waals surface area contributed by atoms with E-state index in [1.807, 2.05) is 56.3 Å². The number of hydrogen-bond acceptors (Lipinski definition) is 2. The summed E-state index contributed by atoms with van der Waals surface area (Å²) in [6, 6.07) is 13.5. The minimum Gasteiger partial charge on any atom is -0.332 e. The highest BCUT2D eigenvalue weighted by Gasteiger charge is 2.09. The third kappa shape index (κ3) is 4.50. The van der Waals surface area contributed by atoms with Crippen LogP contribution in [-0.2, 0) is 0 Å². The number of rotatable bonds is 2. The SMILES string of the molecule is Cc1cc(C)cc(C(=O)NC(=S)Nc2ccccc2I)c1. The Morgan fingerprint density at radius 2 is 1.71 bits per heavy atom. The van der Waals surface area contributed by atoms with Crippen molar-refractivity contribution in [3.8, 4) is 0 Å². The van der Waals surface area contributed by atoms with Gasteiger partial charge in [0.15, 0.2) is 5.11 Å². The molecule has 0 saturated heterocycles. The fourth-order valence-electron chi connectivity index (χ4n) is 2.00. The molecule has 0 unspecified atom stereocenters. The summed E-state index contributed by atoms with van der Waals surface area (Å²) in [7, 11) is 0. The number of carbonyl (C=O) groups is 1. The molecular weight excluding hydrogens is 395 g/mol. The summed E-state index contributed by atoms with van der Waals surface area (Å²) in [6.45, 7) is 3.93. The summed E-state index contributed by atoms with van der Waals surface area (Å²) in [5, 5.41) is 6.03. The molecule has 2 aromatic carbocycles. The highest BCUT2D eigenvalue weighted by Crippen LogP contribution is 2.16. The topological polar surface area (TPSA) is 41.1 Å². The zero-order valence-corrected chi connectivity index (χ0v) is 14.7. The molecule has 0 aliphatic heterocycles. The van der Waals surface area contributed by atoms with Gasteiger partial charge < -0.3 is 5.32 Å². The summed E-state index contributed by atoms with van der Waals surface area (Å²) in [6.07, 6.45) is 0. The van der Waals surface area contributed by atoms with Crippen LogP contribution in [0.3, 0.4) is 0 Å². The number of benzene rings is 2. The maximum Gasteiger partial charge on any atom is 0.257 e. The van der Waals surface area contributed by atoms with Crippen LogP contribution in [0.5, 0.6) is 0 Å². The number of anilines is 1. The van der Waals surface area contributed by atoms with Gasteiger partial charge in [0.1, 0.15) is 0 Å². The Bertz CT molecular complexity index is 680. The molecule has 0 radical (unpaired) electrons. The second-order valence-electron chi connectivity index (χ2n) is 4.76. The first-order valence-corrected chi connectivity index (χ1v) is 7.89. The van der Waals surface area contributed by atoms with Gasteiger partial charge >= 0.3 is 0 Å². The van der Waals surface area contributed by atoms with Gasteiger partial charge in [-0.2, -0.15) is 0 Å². The fourth-order valence-corrected chi connectivity index (χ4v) is 2.72. The lowest BCUT2D eigenvalue weighted by Crippen LogP contribution is -2.34. The van der Waals surface area contributed by atoms with E-state index in [9.17, 15) is 4.79 Å². The van der Waals surface area contributed by atoms with Crippen LogP contribution in [0.25, 0.3) is 0 Å². The van der Waals surface area contributed by atoms with E-state index in [4.69, 9.17) is 12.2 Å². The molecule has 0 aliphatic carbocycles. The summed E-state index contributed by atoms with van der Waals surface area (Å²) in [5.41, 5.74) is 3.59. The van der Waals surface area contributed by atoms with Crippen molar-refractivity contribution < 1.29 is 4.79 Å². The van der Waals surface area contributed by atoms with Crippen molar-refractivity contribution in [2.45, 2.75) is 13.8 Å². The lowest BCUT2D eigenvalue weighted by molar-refractivity contribution is 0.0977. The summed E-state index contributed by atoms with van der Waals surface area (Å²) >= 11 is 7.40. The lowest BCUT2D eigenvalue weighted by atomic mass is 10.1. The van der Waals surface area contributed by atoms with Gasteiger partial charge in [-0.1, -0.05) is 29.3 Å². The van der Waals surface area contributed by atoms with Crippen molar-refractivity contribution in [3.63, 3.8) is 0 Å². The summed E-state index contributed by atoms with van der Waals surface area (Å²) in [4.78, 5) is 12.2. The standard InChI is InChI=1S/C16H15IN2OS/c1-10-7-11(2)9-12(8-10)15(20)19-16(21)18-14-6-4-3-5-13(14)17/h3-9H,1-2H3,(H2,18,19,20,21). The molecule has 0 saturated carbocycles. The average Bonchev–Trinajstić information content (AvgIpc) is 2.40. The van der Waals surface area contributed by atoms with Crippen LogP contribution in [0.4, 0.5) is 5.69 Å². The fraction of sp³-hybridized carbons (Fsp3) is 0.125. The Kier molecular flexibility index (Phi) is 5.30. The van der Waals surface area contributed by atoms with Crippen molar-refractivity contribution in [3.05, 3.63) is 62.7 Å². The van der Waals surface area contributed by atoms with E-state index in [0.717, 1.165) is 20.4 Å². The highest BCUT2D eigenvalue weighted by molar-refractivity contribution is 14.1. The lowest BCUT2D eigenvalue weighted by Gasteiger charge is -2.11. The number of aryl methyl sites for hydroxylation is 2. The third-order valence-corrected chi connectivity index (χ3v) is 3.98. The second kappa shape index (κ2) is 7.00. The second-order valence-corrected chi connectivity index (χ2v) is 6.33. The molecule has 1 amide bonds. The van der Waals surface area contributed by atoms with Gasteiger partial charge in [-0.05, 0) is 72.9 Å². The van der Waals surface area contributed by atoms with Gasteiger partial charge in [0.25, 0.3) is 5.91 Å². The Balaban J connectivity index is 2.06. The van der Waals surface area contributed by atoms with Crippen molar-refractivity contribution in [1.82, 2.24) is 5.32 Å². The third-order valence-electron chi connectivity index (χ3n) is 2.83. The minimum absolute atomic E-state index is 0.203. The van der Waals surface area contributed by atoms with Crippen molar-refractivity contribution in [1.29, 1.82) is 0 Å². The van der Waals surface area contributed by atoms with Gasteiger partial charge in [-0.15, -0.1) is 0 Å². The van der Waals surface area contributed by atoms with Gasteiger partial charge in [0.05, 0.1) is 5.69 Å². The van der Waals surface area contributed by atoms with E-state index in [1.165, 1.54) is 0 Å². The molecule has 0 spiro atoms. The molecule has 0 aliphatic rings. The van der Waals surface area contributed by atoms with E-state index in [-0.39, 0.29) is 5.91 Å². The van der Waals surface area contributed by atoms with Gasteiger partial charge in [-0.25, -0.2) is 0 Å². The number of nitrogens with one attached hydrogen (secondary N) is 2. The largest absolute Gasteiger partial charge is 0.332 e. The molecule has 0 bridgehead atoms. The Hall–Kier alpha value is -1.47. The van der Waals surface area contributed by atoms with E-state index < -0.39 is 0 Å². The van der Waals surface area contributed by atoms with Crippen molar-refractivity contribution in [2.75, 3.05) is 5.32 Å². The van der Waals surface area contributed by atoms with Crippen molar-refractivity contribution in [2.24, 2.45) is 0 Å². The zero-order valence-electron chi connectivity index (χ0n) is 11.7. The molecule has 0 atom stereocenters. The first-order chi connectivity index (χ1) is 9.95. The van der Waals surface area contributed by atoms with Crippen LogP contribution >= 0.6 is 34.8 Å². The van der Waals surface area contributed by atoms with Gasteiger partial charge in [0, 0.05) is 9.13 Å². The predicted octanol–water partition coefficient (Wildman–Crippen LogP) is 4.03. The Labute approximate surface area is 143 Å². The normalized spacial score (nSPS) is 10.0. The molecule has 2 aromatic rings. The number of amides is 1. The molecule has 108 valence electrons. The first-order valence-electron chi connectivity index (χ1n) is 6.41. The summed E-state index contributed by atoms with van der Waals surface area (Å²) < 4.78 is 1.04. The number of carbonyl (C=O) groups excluding carboxylic acids is 1. The van der Waals surface area contributed by atoms with E-state index >= 15 is 0 Å². The highest BCUT2D eigenvalue weighted by atomic mass is 127. The maximum absolute atomic E-state index is 12.2. The van der Waals surface area contributed by atoms with Crippen LogP contribution in [-0.4, -0.2) is 11.0 Å². The molecule has 2 N–H and O–H groups in total. The maximum atomic E-state index is 12.2. The molecule has 21 heavy (non-hydrogen) atoms. The summed E-state index contributed by atoms with van der Waals surface area (Å²) in [5.74, 6) is -0.203. The minimum atomic E-state index is -0.203.